The molecule has 1 rings (SSSR count). The molecular weight excluding hydrogens is 194 g/mol. The van der Waals surface area contributed by atoms with Crippen molar-refractivity contribution >= 4 is 5.91 Å². The highest BCUT2D eigenvalue weighted by Gasteiger charge is 2.32. The third-order valence-electron chi connectivity index (χ3n) is 2.88. The maximum absolute atomic E-state index is 11.5. The predicted molar refractivity (Wildman–Crippen MR) is 57.4 cm³/mol. The van der Waals surface area contributed by atoms with E-state index < -0.39 is 6.10 Å². The first-order chi connectivity index (χ1) is 7.15. The molecule has 1 fully saturated rings. The van der Waals surface area contributed by atoms with Crippen LogP contribution in [0.1, 0.15) is 26.2 Å². The lowest BCUT2D eigenvalue weighted by molar-refractivity contribution is -0.125. The standard InChI is InChI=1S/C11H21NO3/c1-8(9-3-4-9)11(14)12-6-5-10(13)7-15-2/h8-10,13H,3-7H2,1-2H3,(H,12,14). The van der Waals surface area contributed by atoms with Crippen molar-refractivity contribution in [2.75, 3.05) is 20.3 Å². The second kappa shape index (κ2) is 6.08. The fourth-order valence-corrected chi connectivity index (χ4v) is 1.61. The monoisotopic (exact) mass is 215 g/mol. The summed E-state index contributed by atoms with van der Waals surface area (Å²) in [7, 11) is 1.55. The Morgan fingerprint density at radius 2 is 2.27 bits per heavy atom. The molecule has 0 saturated heterocycles. The van der Waals surface area contributed by atoms with E-state index in [4.69, 9.17) is 4.74 Å². The Balaban J connectivity index is 2.05. The van der Waals surface area contributed by atoms with Crippen molar-refractivity contribution in [1.29, 1.82) is 0 Å². The van der Waals surface area contributed by atoms with Crippen LogP contribution in [0.15, 0.2) is 0 Å². The van der Waals surface area contributed by atoms with Gasteiger partial charge in [-0.15, -0.1) is 0 Å². The zero-order valence-electron chi connectivity index (χ0n) is 9.53. The molecule has 0 heterocycles. The summed E-state index contributed by atoms with van der Waals surface area (Å²) in [6, 6.07) is 0. The van der Waals surface area contributed by atoms with Gasteiger partial charge in [-0.1, -0.05) is 6.92 Å². The number of nitrogens with one attached hydrogen (secondary N) is 1. The predicted octanol–water partition coefficient (Wildman–Crippen LogP) is 0.546. The van der Waals surface area contributed by atoms with Gasteiger partial charge in [-0.2, -0.15) is 0 Å². The Labute approximate surface area is 91.0 Å². The van der Waals surface area contributed by atoms with Crippen molar-refractivity contribution in [3.8, 4) is 0 Å². The lowest BCUT2D eigenvalue weighted by atomic mass is 10.1. The number of hydrogen-bond acceptors (Lipinski definition) is 3. The lowest BCUT2D eigenvalue weighted by Gasteiger charge is -2.13. The van der Waals surface area contributed by atoms with E-state index in [1.165, 1.54) is 12.8 Å². The van der Waals surface area contributed by atoms with Gasteiger partial charge >= 0.3 is 0 Å². The number of ether oxygens (including phenoxy) is 1. The minimum absolute atomic E-state index is 0.113. The van der Waals surface area contributed by atoms with Gasteiger partial charge in [0, 0.05) is 19.6 Å². The molecule has 0 aliphatic heterocycles. The Bertz CT molecular complexity index is 204. The number of carbonyl (C=O) groups excluding carboxylic acids is 1. The van der Waals surface area contributed by atoms with Gasteiger partial charge in [0.05, 0.1) is 12.7 Å². The van der Waals surface area contributed by atoms with Gasteiger partial charge in [0.25, 0.3) is 0 Å². The molecule has 0 aromatic rings. The quantitative estimate of drug-likeness (QED) is 0.652. The molecule has 0 bridgehead atoms. The van der Waals surface area contributed by atoms with E-state index in [2.05, 4.69) is 5.32 Å². The normalized spacial score (nSPS) is 19.7. The van der Waals surface area contributed by atoms with Crippen LogP contribution in [0.4, 0.5) is 0 Å². The highest BCUT2D eigenvalue weighted by Crippen LogP contribution is 2.36. The SMILES string of the molecule is COCC(O)CCNC(=O)C(C)C1CC1. The van der Waals surface area contributed by atoms with E-state index in [1.54, 1.807) is 7.11 Å². The third kappa shape index (κ3) is 4.62. The Kier molecular flexibility index (Phi) is 5.05. The summed E-state index contributed by atoms with van der Waals surface area (Å²) in [5.41, 5.74) is 0. The second-order valence-corrected chi connectivity index (χ2v) is 4.31. The average Bonchev–Trinajstić information content (AvgIpc) is 3.00. The number of aliphatic hydroxyl groups excluding tert-OH is 1. The highest BCUT2D eigenvalue weighted by molar-refractivity contribution is 5.78. The summed E-state index contributed by atoms with van der Waals surface area (Å²) in [5.74, 6) is 0.834. The Morgan fingerprint density at radius 3 is 2.80 bits per heavy atom. The Morgan fingerprint density at radius 1 is 1.60 bits per heavy atom. The zero-order valence-corrected chi connectivity index (χ0v) is 9.53. The summed E-state index contributed by atoms with van der Waals surface area (Å²) in [4.78, 5) is 11.5. The smallest absolute Gasteiger partial charge is 0.223 e. The molecule has 1 aliphatic rings. The van der Waals surface area contributed by atoms with Gasteiger partial charge in [-0.3, -0.25) is 4.79 Å². The number of methoxy groups -OCH3 is 1. The molecule has 4 heteroatoms. The number of amides is 1. The van der Waals surface area contributed by atoms with Crippen molar-refractivity contribution < 1.29 is 14.6 Å². The van der Waals surface area contributed by atoms with Gasteiger partial charge in [0.2, 0.25) is 5.91 Å². The molecule has 1 aliphatic carbocycles. The van der Waals surface area contributed by atoms with Crippen LogP contribution < -0.4 is 5.32 Å². The van der Waals surface area contributed by atoms with E-state index in [0.717, 1.165) is 0 Å². The minimum Gasteiger partial charge on any atom is -0.391 e. The molecule has 0 spiro atoms. The van der Waals surface area contributed by atoms with Crippen LogP contribution in [0.3, 0.4) is 0 Å². The molecule has 1 amide bonds. The highest BCUT2D eigenvalue weighted by atomic mass is 16.5. The van der Waals surface area contributed by atoms with Gasteiger partial charge in [0.1, 0.15) is 0 Å². The van der Waals surface area contributed by atoms with E-state index in [-0.39, 0.29) is 11.8 Å². The molecular formula is C11H21NO3. The maximum atomic E-state index is 11.5. The van der Waals surface area contributed by atoms with Crippen molar-refractivity contribution in [2.24, 2.45) is 11.8 Å². The van der Waals surface area contributed by atoms with Crippen molar-refractivity contribution in [3.05, 3.63) is 0 Å². The molecule has 2 unspecified atom stereocenters. The second-order valence-electron chi connectivity index (χ2n) is 4.31. The zero-order chi connectivity index (χ0) is 11.3. The summed E-state index contributed by atoms with van der Waals surface area (Å²) in [6.07, 6.45) is 2.44. The number of carbonyl (C=O) groups is 1. The molecule has 0 aromatic heterocycles. The lowest BCUT2D eigenvalue weighted by Crippen LogP contribution is -2.33. The first-order valence-corrected chi connectivity index (χ1v) is 5.60. The van der Waals surface area contributed by atoms with E-state index >= 15 is 0 Å². The fraction of sp³-hybridized carbons (Fsp3) is 0.909. The minimum atomic E-state index is -0.480. The first kappa shape index (κ1) is 12.5. The summed E-state index contributed by atoms with van der Waals surface area (Å²) in [5, 5.41) is 12.2. The number of aliphatic hydroxyl groups is 1. The topological polar surface area (TPSA) is 58.6 Å². The van der Waals surface area contributed by atoms with E-state index in [0.29, 0.717) is 25.5 Å². The number of hydrogen-bond donors (Lipinski definition) is 2. The largest absolute Gasteiger partial charge is 0.391 e. The Hall–Kier alpha value is -0.610. The molecule has 15 heavy (non-hydrogen) atoms. The molecule has 2 N–H and O–H groups in total. The van der Waals surface area contributed by atoms with Crippen LogP contribution in [0.25, 0.3) is 0 Å². The summed E-state index contributed by atoms with van der Waals surface area (Å²) in [6.45, 7) is 2.83. The first-order valence-electron chi connectivity index (χ1n) is 5.60. The van der Waals surface area contributed by atoms with Crippen LogP contribution in [0, 0.1) is 11.8 Å². The third-order valence-corrected chi connectivity index (χ3v) is 2.88. The van der Waals surface area contributed by atoms with E-state index in [9.17, 15) is 9.90 Å². The summed E-state index contributed by atoms with van der Waals surface area (Å²) < 4.78 is 4.79. The fourth-order valence-electron chi connectivity index (χ4n) is 1.61. The average molecular weight is 215 g/mol. The summed E-state index contributed by atoms with van der Waals surface area (Å²) >= 11 is 0. The maximum Gasteiger partial charge on any atom is 0.223 e. The molecule has 1 saturated carbocycles. The molecule has 4 nitrogen and oxygen atoms in total. The van der Waals surface area contributed by atoms with Crippen LogP contribution >= 0.6 is 0 Å². The van der Waals surface area contributed by atoms with Gasteiger partial charge < -0.3 is 15.2 Å². The van der Waals surface area contributed by atoms with Crippen LogP contribution in [-0.2, 0) is 9.53 Å². The van der Waals surface area contributed by atoms with Crippen LogP contribution in [0.2, 0.25) is 0 Å². The van der Waals surface area contributed by atoms with E-state index in [1.807, 2.05) is 6.92 Å². The molecule has 88 valence electrons. The molecule has 0 aromatic carbocycles. The number of rotatable bonds is 7. The van der Waals surface area contributed by atoms with Crippen LogP contribution in [0.5, 0.6) is 0 Å². The van der Waals surface area contributed by atoms with Crippen molar-refractivity contribution in [2.45, 2.75) is 32.3 Å². The van der Waals surface area contributed by atoms with Crippen molar-refractivity contribution in [3.63, 3.8) is 0 Å². The molecule has 0 radical (unpaired) electrons. The van der Waals surface area contributed by atoms with Gasteiger partial charge in [-0.05, 0) is 25.2 Å². The van der Waals surface area contributed by atoms with Gasteiger partial charge in [0.15, 0.2) is 0 Å². The van der Waals surface area contributed by atoms with Gasteiger partial charge in [-0.25, -0.2) is 0 Å². The van der Waals surface area contributed by atoms with Crippen LogP contribution in [-0.4, -0.2) is 37.4 Å². The van der Waals surface area contributed by atoms with Crippen molar-refractivity contribution in [1.82, 2.24) is 5.32 Å². The molecule has 2 atom stereocenters.